The zero-order valence-corrected chi connectivity index (χ0v) is 21.4. The monoisotopic (exact) mass is 485 g/mol. The average Bonchev–Trinajstić information content (AvgIpc) is 2.80. The highest BCUT2D eigenvalue weighted by Crippen LogP contribution is 2.34. The number of aliphatic hydroxyl groups is 1. The fourth-order valence-corrected chi connectivity index (χ4v) is 5.71. The molecule has 34 heavy (non-hydrogen) atoms. The van der Waals surface area contributed by atoms with Gasteiger partial charge < -0.3 is 9.84 Å². The van der Waals surface area contributed by atoms with Crippen molar-refractivity contribution in [2.24, 2.45) is 11.8 Å². The lowest BCUT2D eigenvalue weighted by atomic mass is 10.0. The van der Waals surface area contributed by atoms with Crippen molar-refractivity contribution in [2.75, 3.05) is 26.7 Å². The Morgan fingerprint density at radius 2 is 2.03 bits per heavy atom. The van der Waals surface area contributed by atoms with Crippen LogP contribution in [0.3, 0.4) is 0 Å². The molecule has 0 bridgehead atoms. The first-order valence-electron chi connectivity index (χ1n) is 11.6. The number of fused-ring (bicyclic) bond motifs is 1. The fourth-order valence-electron chi connectivity index (χ4n) is 3.89. The van der Waals surface area contributed by atoms with Crippen LogP contribution < -0.4 is 4.74 Å². The number of sulfonamides is 1. The summed E-state index contributed by atoms with van der Waals surface area (Å²) in [5, 5.41) is 9.79. The minimum Gasteiger partial charge on any atom is -0.487 e. The summed E-state index contributed by atoms with van der Waals surface area (Å²) in [5.74, 6) is 6.60. The van der Waals surface area contributed by atoms with Crippen LogP contribution in [0.15, 0.2) is 47.5 Å². The molecule has 0 saturated heterocycles. The third-order valence-electron chi connectivity index (χ3n) is 5.82. The van der Waals surface area contributed by atoms with Gasteiger partial charge in [0.05, 0.1) is 12.3 Å². The number of benzene rings is 1. The Balaban J connectivity index is 1.99. The second kappa shape index (κ2) is 11.3. The summed E-state index contributed by atoms with van der Waals surface area (Å²) in [5.41, 5.74) is 1.66. The van der Waals surface area contributed by atoms with Crippen molar-refractivity contribution in [1.82, 2.24) is 14.2 Å². The Hall–Kier alpha value is -2.44. The molecule has 1 aliphatic heterocycles. The number of hydrogen-bond donors (Lipinski definition) is 1. The lowest BCUT2D eigenvalue weighted by Crippen LogP contribution is -2.49. The summed E-state index contributed by atoms with van der Waals surface area (Å²) in [7, 11) is -1.86. The molecule has 184 valence electrons. The predicted molar refractivity (Wildman–Crippen MR) is 133 cm³/mol. The standard InChI is InChI=1S/C26H35N3O4S/c1-19(2)9-10-22-11-12-26-24(14-22)33-25(17-28(5)16-23-8-6-7-13-27-23)20(3)15-29(21(4)18-30)34(26,31)32/h6-8,11-14,19-21,25,30H,15-18H2,1-5H3/t20-,21-,25-/m1/s1. The molecule has 0 amide bonds. The van der Waals surface area contributed by atoms with Crippen LogP contribution in [-0.4, -0.2) is 66.6 Å². The molecule has 0 fully saturated rings. The van der Waals surface area contributed by atoms with E-state index in [0.29, 0.717) is 24.4 Å². The highest BCUT2D eigenvalue weighted by molar-refractivity contribution is 7.89. The highest BCUT2D eigenvalue weighted by Gasteiger charge is 2.38. The number of aromatic nitrogens is 1. The van der Waals surface area contributed by atoms with Gasteiger partial charge in [-0.15, -0.1) is 0 Å². The van der Waals surface area contributed by atoms with E-state index in [9.17, 15) is 13.5 Å². The minimum atomic E-state index is -3.86. The second-order valence-electron chi connectivity index (χ2n) is 9.34. The number of rotatable bonds is 6. The van der Waals surface area contributed by atoms with Crippen LogP contribution in [0, 0.1) is 23.7 Å². The van der Waals surface area contributed by atoms with Crippen molar-refractivity contribution in [3.63, 3.8) is 0 Å². The smallest absolute Gasteiger partial charge is 0.247 e. The summed E-state index contributed by atoms with van der Waals surface area (Å²) in [4.78, 5) is 6.63. The van der Waals surface area contributed by atoms with E-state index in [-0.39, 0.29) is 36.0 Å². The zero-order chi connectivity index (χ0) is 24.9. The zero-order valence-electron chi connectivity index (χ0n) is 20.6. The van der Waals surface area contributed by atoms with E-state index in [2.05, 4.69) is 21.7 Å². The topological polar surface area (TPSA) is 83.0 Å². The van der Waals surface area contributed by atoms with Crippen molar-refractivity contribution in [2.45, 2.75) is 51.3 Å². The fraction of sp³-hybridized carbons (Fsp3) is 0.500. The molecule has 3 rings (SSSR count). The van der Waals surface area contributed by atoms with Gasteiger partial charge in [-0.05, 0) is 44.3 Å². The van der Waals surface area contributed by atoms with Gasteiger partial charge in [0, 0.05) is 49.3 Å². The third kappa shape index (κ3) is 6.36. The van der Waals surface area contributed by atoms with E-state index in [0.717, 1.165) is 5.69 Å². The van der Waals surface area contributed by atoms with Gasteiger partial charge in [0.25, 0.3) is 0 Å². The highest BCUT2D eigenvalue weighted by atomic mass is 32.2. The van der Waals surface area contributed by atoms with Crippen molar-refractivity contribution in [3.8, 4) is 17.6 Å². The molecule has 8 heteroatoms. The normalized spacial score (nSPS) is 21.1. The van der Waals surface area contributed by atoms with Crippen LogP contribution in [0.4, 0.5) is 0 Å². The summed E-state index contributed by atoms with van der Waals surface area (Å²) < 4.78 is 34.9. The molecule has 0 radical (unpaired) electrons. The molecule has 2 aromatic rings. The molecular formula is C26H35N3O4S. The summed E-state index contributed by atoms with van der Waals surface area (Å²) in [6, 6.07) is 10.3. The number of pyridine rings is 1. The summed E-state index contributed by atoms with van der Waals surface area (Å²) in [6.45, 7) is 8.94. The Labute approximate surface area is 203 Å². The molecule has 2 heterocycles. The van der Waals surface area contributed by atoms with Gasteiger partial charge in [-0.2, -0.15) is 4.31 Å². The van der Waals surface area contributed by atoms with Gasteiger partial charge in [-0.1, -0.05) is 38.7 Å². The maximum atomic E-state index is 13.6. The number of likely N-dealkylation sites (N-methyl/N-ethyl adjacent to an activating group) is 1. The van der Waals surface area contributed by atoms with Crippen molar-refractivity contribution >= 4 is 10.0 Å². The van der Waals surface area contributed by atoms with E-state index >= 15 is 0 Å². The van der Waals surface area contributed by atoms with Crippen LogP contribution in [-0.2, 0) is 16.6 Å². The van der Waals surface area contributed by atoms with E-state index in [4.69, 9.17) is 4.74 Å². The quantitative estimate of drug-likeness (QED) is 0.634. The molecule has 1 aliphatic rings. The molecule has 0 aliphatic carbocycles. The molecule has 0 spiro atoms. The Kier molecular flexibility index (Phi) is 8.72. The van der Waals surface area contributed by atoms with Crippen molar-refractivity contribution in [3.05, 3.63) is 53.9 Å². The molecule has 0 unspecified atom stereocenters. The van der Waals surface area contributed by atoms with Gasteiger partial charge in [-0.25, -0.2) is 8.42 Å². The summed E-state index contributed by atoms with van der Waals surface area (Å²) >= 11 is 0. The second-order valence-corrected chi connectivity index (χ2v) is 11.2. The van der Waals surface area contributed by atoms with Crippen LogP contribution in [0.25, 0.3) is 0 Å². The van der Waals surface area contributed by atoms with Crippen molar-refractivity contribution in [1.29, 1.82) is 0 Å². The molecule has 1 N–H and O–H groups in total. The molecule has 0 saturated carbocycles. The van der Waals surface area contributed by atoms with E-state index in [1.807, 2.05) is 46.0 Å². The maximum Gasteiger partial charge on any atom is 0.247 e. The van der Waals surface area contributed by atoms with Crippen molar-refractivity contribution < 1.29 is 18.3 Å². The molecular weight excluding hydrogens is 450 g/mol. The first-order chi connectivity index (χ1) is 16.1. The molecule has 3 atom stereocenters. The van der Waals surface area contributed by atoms with E-state index in [1.54, 1.807) is 31.3 Å². The third-order valence-corrected chi connectivity index (χ3v) is 7.84. The number of nitrogens with zero attached hydrogens (tertiary/aromatic N) is 3. The number of aliphatic hydroxyl groups excluding tert-OH is 1. The average molecular weight is 486 g/mol. The molecule has 1 aromatic heterocycles. The SMILES string of the molecule is CC(C)C#Cc1ccc2c(c1)O[C@H](CN(C)Cc1ccccn1)[C@H](C)CN([C@H](C)CO)S2(=O)=O. The van der Waals surface area contributed by atoms with Gasteiger partial charge in [0.2, 0.25) is 10.0 Å². The number of hydrogen-bond acceptors (Lipinski definition) is 6. The largest absolute Gasteiger partial charge is 0.487 e. The van der Waals surface area contributed by atoms with Crippen LogP contribution >= 0.6 is 0 Å². The van der Waals surface area contributed by atoms with Crippen LogP contribution in [0.1, 0.15) is 39.0 Å². The Morgan fingerprint density at radius 1 is 1.26 bits per heavy atom. The van der Waals surface area contributed by atoms with Gasteiger partial charge >= 0.3 is 0 Å². The number of ether oxygens (including phenoxy) is 1. The Bertz CT molecular complexity index is 1130. The van der Waals surface area contributed by atoms with Crippen LogP contribution in [0.2, 0.25) is 0 Å². The predicted octanol–water partition coefficient (Wildman–Crippen LogP) is 2.99. The minimum absolute atomic E-state index is 0.104. The molecule has 1 aromatic carbocycles. The first kappa shape index (κ1) is 26.2. The maximum absolute atomic E-state index is 13.6. The van der Waals surface area contributed by atoms with Gasteiger partial charge in [0.15, 0.2) is 0 Å². The van der Waals surface area contributed by atoms with E-state index in [1.165, 1.54) is 4.31 Å². The summed E-state index contributed by atoms with van der Waals surface area (Å²) in [6.07, 6.45) is 1.50. The van der Waals surface area contributed by atoms with Crippen LogP contribution in [0.5, 0.6) is 5.75 Å². The lowest BCUT2D eigenvalue weighted by molar-refractivity contribution is 0.0730. The lowest BCUT2D eigenvalue weighted by Gasteiger charge is -2.37. The first-order valence-corrected chi connectivity index (χ1v) is 13.1. The van der Waals surface area contributed by atoms with Gasteiger partial charge in [-0.3, -0.25) is 9.88 Å². The van der Waals surface area contributed by atoms with Gasteiger partial charge in [0.1, 0.15) is 16.7 Å². The molecule has 7 nitrogen and oxygen atoms in total. The Morgan fingerprint density at radius 3 is 2.68 bits per heavy atom. The van der Waals surface area contributed by atoms with E-state index < -0.39 is 16.1 Å².